The molecule has 0 aliphatic carbocycles. The molecule has 0 heterocycles. The summed E-state index contributed by atoms with van der Waals surface area (Å²) in [6.45, 7) is 0. The van der Waals surface area contributed by atoms with Crippen molar-refractivity contribution in [3.8, 4) is 0 Å². The van der Waals surface area contributed by atoms with Gasteiger partial charge in [-0.25, -0.2) is 8.42 Å². The molecule has 2 aromatic rings. The molecule has 2 rings (SSSR count). The van der Waals surface area contributed by atoms with E-state index in [-0.39, 0.29) is 11.5 Å². The Balaban J connectivity index is 2.07. The number of ketones is 1. The summed E-state index contributed by atoms with van der Waals surface area (Å²) in [6, 6.07) is 11.8. The van der Waals surface area contributed by atoms with Crippen molar-refractivity contribution in [1.82, 2.24) is 0 Å². The monoisotopic (exact) mass is 346 g/mol. The van der Waals surface area contributed by atoms with Crippen LogP contribution in [0.3, 0.4) is 0 Å². The fourth-order valence-corrected chi connectivity index (χ4v) is 2.46. The van der Waals surface area contributed by atoms with Gasteiger partial charge in [-0.1, -0.05) is 6.08 Å². The minimum Gasteiger partial charge on any atom is -0.289 e. The first-order chi connectivity index (χ1) is 11.2. The maximum Gasteiger partial charge on any atom is 0.269 e. The van der Waals surface area contributed by atoms with Gasteiger partial charge in [0.2, 0.25) is 10.0 Å². The minimum atomic E-state index is -3.36. The van der Waals surface area contributed by atoms with Crippen LogP contribution in [0, 0.1) is 10.1 Å². The zero-order chi connectivity index (χ0) is 17.7. The molecule has 1 N–H and O–H groups in total. The van der Waals surface area contributed by atoms with Crippen LogP contribution < -0.4 is 4.72 Å². The van der Waals surface area contributed by atoms with E-state index >= 15 is 0 Å². The second kappa shape index (κ2) is 7.05. The second-order valence-electron chi connectivity index (χ2n) is 5.00. The number of hydrogen-bond donors (Lipinski definition) is 1. The third-order valence-corrected chi connectivity index (χ3v) is 3.61. The fraction of sp³-hybridized carbons (Fsp3) is 0.0625. The number of non-ortho nitro benzene ring substituents is 1. The molecular formula is C16H14N2O5S. The average molecular weight is 346 g/mol. The van der Waals surface area contributed by atoms with E-state index in [1.807, 2.05) is 0 Å². The van der Waals surface area contributed by atoms with E-state index in [1.165, 1.54) is 42.5 Å². The van der Waals surface area contributed by atoms with Gasteiger partial charge >= 0.3 is 0 Å². The Morgan fingerprint density at radius 1 is 1.08 bits per heavy atom. The Hall–Kier alpha value is -3.00. The number of hydrogen-bond acceptors (Lipinski definition) is 5. The van der Waals surface area contributed by atoms with Gasteiger partial charge in [-0.05, 0) is 48.0 Å². The number of nitro groups is 1. The highest BCUT2D eigenvalue weighted by Gasteiger charge is 2.05. The maximum atomic E-state index is 12.1. The van der Waals surface area contributed by atoms with Gasteiger partial charge in [0.1, 0.15) is 0 Å². The molecule has 0 aliphatic rings. The summed E-state index contributed by atoms with van der Waals surface area (Å²) in [5.74, 6) is -0.265. The van der Waals surface area contributed by atoms with E-state index in [1.54, 1.807) is 18.2 Å². The van der Waals surface area contributed by atoms with Crippen LogP contribution in [0.15, 0.2) is 54.6 Å². The molecule has 124 valence electrons. The Bertz CT molecular complexity index is 885. The lowest BCUT2D eigenvalue weighted by Gasteiger charge is -2.03. The number of benzene rings is 2. The summed E-state index contributed by atoms with van der Waals surface area (Å²) >= 11 is 0. The Morgan fingerprint density at radius 3 is 2.17 bits per heavy atom. The maximum absolute atomic E-state index is 12.1. The Labute approximate surface area is 138 Å². The highest BCUT2D eigenvalue weighted by molar-refractivity contribution is 7.92. The van der Waals surface area contributed by atoms with Crippen LogP contribution >= 0.6 is 0 Å². The van der Waals surface area contributed by atoms with Crippen LogP contribution in [0.5, 0.6) is 0 Å². The van der Waals surface area contributed by atoms with Crippen molar-refractivity contribution in [1.29, 1.82) is 0 Å². The Kier molecular flexibility index (Phi) is 5.10. The van der Waals surface area contributed by atoms with E-state index < -0.39 is 14.9 Å². The van der Waals surface area contributed by atoms with Gasteiger partial charge < -0.3 is 0 Å². The van der Waals surface area contributed by atoms with Crippen LogP contribution in [0.25, 0.3) is 6.08 Å². The van der Waals surface area contributed by atoms with E-state index in [9.17, 15) is 23.3 Å². The topological polar surface area (TPSA) is 106 Å². The number of carbonyl (C=O) groups excluding carboxylic acids is 1. The lowest BCUT2D eigenvalue weighted by Crippen LogP contribution is -2.09. The number of rotatable bonds is 6. The lowest BCUT2D eigenvalue weighted by atomic mass is 10.1. The number of nitrogens with one attached hydrogen (secondary N) is 1. The molecule has 24 heavy (non-hydrogen) atoms. The number of anilines is 1. The molecule has 0 fully saturated rings. The third-order valence-electron chi connectivity index (χ3n) is 3.00. The molecule has 0 amide bonds. The minimum absolute atomic E-state index is 0.0209. The summed E-state index contributed by atoms with van der Waals surface area (Å²) in [4.78, 5) is 22.1. The van der Waals surface area contributed by atoms with Gasteiger partial charge in [-0.2, -0.15) is 0 Å². The zero-order valence-electron chi connectivity index (χ0n) is 12.7. The summed E-state index contributed by atoms with van der Waals surface area (Å²) in [7, 11) is -3.36. The molecule has 0 unspecified atom stereocenters. The van der Waals surface area contributed by atoms with Crippen molar-refractivity contribution in [2.24, 2.45) is 0 Å². The first kappa shape index (κ1) is 17.4. The van der Waals surface area contributed by atoms with E-state index in [4.69, 9.17) is 0 Å². The molecule has 0 bridgehead atoms. The second-order valence-corrected chi connectivity index (χ2v) is 6.75. The van der Waals surface area contributed by atoms with Gasteiger partial charge in [0, 0.05) is 23.4 Å². The van der Waals surface area contributed by atoms with Gasteiger partial charge in [0.05, 0.1) is 11.2 Å². The van der Waals surface area contributed by atoms with E-state index in [2.05, 4.69) is 4.72 Å². The van der Waals surface area contributed by atoms with Crippen molar-refractivity contribution in [2.45, 2.75) is 0 Å². The normalized spacial score (nSPS) is 11.4. The van der Waals surface area contributed by atoms with Crippen LogP contribution in [0.1, 0.15) is 15.9 Å². The first-order valence-electron chi connectivity index (χ1n) is 6.79. The number of nitro benzene ring substituents is 1. The smallest absolute Gasteiger partial charge is 0.269 e. The lowest BCUT2D eigenvalue weighted by molar-refractivity contribution is -0.384. The largest absolute Gasteiger partial charge is 0.289 e. The molecule has 7 nitrogen and oxygen atoms in total. The van der Waals surface area contributed by atoms with E-state index in [0.717, 1.165) is 6.26 Å². The average Bonchev–Trinajstić information content (AvgIpc) is 2.52. The van der Waals surface area contributed by atoms with E-state index in [0.29, 0.717) is 16.8 Å². The van der Waals surface area contributed by atoms with Gasteiger partial charge in [-0.15, -0.1) is 0 Å². The molecule has 2 aromatic carbocycles. The number of nitrogens with zero attached hydrogens (tertiary/aromatic N) is 1. The molecule has 8 heteroatoms. The van der Waals surface area contributed by atoms with Crippen molar-refractivity contribution in [3.63, 3.8) is 0 Å². The van der Waals surface area contributed by atoms with Crippen molar-refractivity contribution in [2.75, 3.05) is 11.0 Å². The predicted molar refractivity (Wildman–Crippen MR) is 91.4 cm³/mol. The molecule has 0 aliphatic heterocycles. The van der Waals surface area contributed by atoms with Crippen LogP contribution in [0.2, 0.25) is 0 Å². The third kappa shape index (κ3) is 5.03. The molecule has 0 radical (unpaired) electrons. The quantitative estimate of drug-likeness (QED) is 0.375. The van der Waals surface area contributed by atoms with Gasteiger partial charge in [-0.3, -0.25) is 19.6 Å². The first-order valence-corrected chi connectivity index (χ1v) is 8.68. The summed E-state index contributed by atoms with van der Waals surface area (Å²) in [6.07, 6.45) is 3.94. The van der Waals surface area contributed by atoms with Crippen LogP contribution in [0.4, 0.5) is 11.4 Å². The zero-order valence-corrected chi connectivity index (χ0v) is 13.5. The van der Waals surface area contributed by atoms with Crippen molar-refractivity contribution in [3.05, 3.63) is 75.8 Å². The summed E-state index contributed by atoms with van der Waals surface area (Å²) in [5, 5.41) is 10.6. The van der Waals surface area contributed by atoms with Gasteiger partial charge in [0.15, 0.2) is 5.78 Å². The highest BCUT2D eigenvalue weighted by atomic mass is 32.2. The molecule has 0 aromatic heterocycles. The van der Waals surface area contributed by atoms with Crippen molar-refractivity contribution < 1.29 is 18.1 Å². The standard InChI is InChI=1S/C16H14N2O5S/c1-24(22,23)17-14-7-5-13(6-8-14)16(19)11-4-12-2-9-15(10-3-12)18(20)21/h2-11,17H,1H3. The number of carbonyl (C=O) groups is 1. The Morgan fingerprint density at radius 2 is 1.67 bits per heavy atom. The fourth-order valence-electron chi connectivity index (χ4n) is 1.89. The number of allylic oxidation sites excluding steroid dienone is 1. The SMILES string of the molecule is CS(=O)(=O)Nc1ccc(C(=O)C=Cc2ccc([N+](=O)[O-])cc2)cc1. The predicted octanol–water partition coefficient (Wildman–Crippen LogP) is 2.86. The van der Waals surface area contributed by atoms with Crippen LogP contribution in [-0.2, 0) is 10.0 Å². The highest BCUT2D eigenvalue weighted by Crippen LogP contribution is 2.14. The summed E-state index contributed by atoms with van der Waals surface area (Å²) < 4.78 is 24.5. The molecular weight excluding hydrogens is 332 g/mol. The molecule has 0 saturated carbocycles. The molecule has 0 atom stereocenters. The molecule has 0 spiro atoms. The summed E-state index contributed by atoms with van der Waals surface area (Å²) in [5.41, 5.74) is 1.40. The van der Waals surface area contributed by atoms with Gasteiger partial charge in [0.25, 0.3) is 5.69 Å². The number of sulfonamides is 1. The molecule has 0 saturated heterocycles. The van der Waals surface area contributed by atoms with Crippen molar-refractivity contribution >= 4 is 33.3 Å². The van der Waals surface area contributed by atoms with Crippen LogP contribution in [-0.4, -0.2) is 25.4 Å².